The van der Waals surface area contributed by atoms with E-state index in [1.807, 2.05) is 12.3 Å². The van der Waals surface area contributed by atoms with E-state index in [-0.39, 0.29) is 16.9 Å². The van der Waals surface area contributed by atoms with Crippen molar-refractivity contribution < 1.29 is 4.74 Å². The van der Waals surface area contributed by atoms with Crippen LogP contribution in [0.25, 0.3) is 0 Å². The molecule has 3 nitrogen and oxygen atoms in total. The molecule has 19 heavy (non-hydrogen) atoms. The predicted molar refractivity (Wildman–Crippen MR) is 78.0 cm³/mol. The van der Waals surface area contributed by atoms with E-state index in [4.69, 9.17) is 10.5 Å². The molecule has 0 amide bonds. The molecule has 0 aliphatic heterocycles. The molecule has 0 saturated heterocycles. The molecule has 3 heteroatoms. The third-order valence-electron chi connectivity index (χ3n) is 5.08. The summed E-state index contributed by atoms with van der Waals surface area (Å²) in [5.74, 6) is 1.31. The van der Waals surface area contributed by atoms with E-state index in [1.54, 1.807) is 6.20 Å². The van der Waals surface area contributed by atoms with E-state index in [9.17, 15) is 0 Å². The molecule has 0 aromatic carbocycles. The molecule has 1 fully saturated rings. The number of aromatic nitrogens is 1. The van der Waals surface area contributed by atoms with Gasteiger partial charge in [0.15, 0.2) is 0 Å². The van der Waals surface area contributed by atoms with Gasteiger partial charge in [0.05, 0.1) is 12.8 Å². The summed E-state index contributed by atoms with van der Waals surface area (Å²) in [6.45, 7) is 12.0. The molecule has 1 aliphatic carbocycles. The van der Waals surface area contributed by atoms with Crippen LogP contribution in [0.4, 0.5) is 0 Å². The zero-order valence-electron chi connectivity index (χ0n) is 12.7. The summed E-state index contributed by atoms with van der Waals surface area (Å²) in [5, 5.41) is 0. The number of rotatable bonds is 5. The van der Waals surface area contributed by atoms with Gasteiger partial charge in [0.2, 0.25) is 0 Å². The second-order valence-electron chi connectivity index (χ2n) is 6.75. The van der Waals surface area contributed by atoms with Gasteiger partial charge in [-0.05, 0) is 34.8 Å². The Morgan fingerprint density at radius 2 is 1.89 bits per heavy atom. The van der Waals surface area contributed by atoms with Crippen LogP contribution in [0, 0.1) is 16.7 Å². The maximum absolute atomic E-state index is 6.45. The van der Waals surface area contributed by atoms with Crippen LogP contribution in [0.5, 0.6) is 5.75 Å². The lowest BCUT2D eigenvalue weighted by Crippen LogP contribution is -2.17. The molecule has 1 aromatic heterocycles. The first-order chi connectivity index (χ1) is 8.82. The summed E-state index contributed by atoms with van der Waals surface area (Å²) < 4.78 is 5.63. The minimum atomic E-state index is 0.0303. The average Bonchev–Trinajstić information content (AvgIpc) is 2.77. The molecule has 1 aliphatic rings. The summed E-state index contributed by atoms with van der Waals surface area (Å²) in [7, 11) is 0. The molecule has 1 saturated carbocycles. The molecular weight excluding hydrogens is 236 g/mol. The Hall–Kier alpha value is -1.09. The Bertz CT molecular complexity index is 440. The number of hydrogen-bond donors (Lipinski definition) is 1. The third kappa shape index (κ3) is 2.36. The summed E-state index contributed by atoms with van der Waals surface area (Å²) >= 11 is 0. The van der Waals surface area contributed by atoms with E-state index in [0.29, 0.717) is 5.92 Å². The summed E-state index contributed by atoms with van der Waals surface area (Å²) in [6, 6.07) is 2.07. The smallest absolute Gasteiger partial charge is 0.137 e. The monoisotopic (exact) mass is 262 g/mol. The van der Waals surface area contributed by atoms with Gasteiger partial charge in [0, 0.05) is 12.2 Å². The van der Waals surface area contributed by atoms with E-state index in [2.05, 4.69) is 39.6 Å². The van der Waals surface area contributed by atoms with E-state index in [1.165, 1.54) is 0 Å². The zero-order chi connectivity index (χ0) is 14.3. The third-order valence-corrected chi connectivity index (χ3v) is 5.08. The maximum Gasteiger partial charge on any atom is 0.137 e. The molecule has 0 bridgehead atoms. The molecule has 1 unspecified atom stereocenters. The van der Waals surface area contributed by atoms with E-state index < -0.39 is 0 Å². The van der Waals surface area contributed by atoms with Crippen molar-refractivity contribution in [2.45, 2.75) is 47.1 Å². The highest BCUT2D eigenvalue weighted by molar-refractivity contribution is 5.30. The van der Waals surface area contributed by atoms with Gasteiger partial charge in [-0.25, -0.2) is 0 Å². The Kier molecular flexibility index (Phi) is 3.61. The van der Waals surface area contributed by atoms with Crippen LogP contribution in [0.3, 0.4) is 0 Å². The van der Waals surface area contributed by atoms with Crippen LogP contribution in [-0.2, 0) is 0 Å². The van der Waals surface area contributed by atoms with Crippen molar-refractivity contribution in [3.63, 3.8) is 0 Å². The molecule has 2 rings (SSSR count). The van der Waals surface area contributed by atoms with Crippen LogP contribution in [0.2, 0.25) is 0 Å². The van der Waals surface area contributed by atoms with Gasteiger partial charge in [-0.3, -0.25) is 4.98 Å². The second kappa shape index (κ2) is 4.78. The fourth-order valence-corrected chi connectivity index (χ4v) is 3.25. The summed E-state index contributed by atoms with van der Waals surface area (Å²) in [4.78, 5) is 4.26. The van der Waals surface area contributed by atoms with Gasteiger partial charge in [-0.1, -0.05) is 34.6 Å². The van der Waals surface area contributed by atoms with Gasteiger partial charge in [0.25, 0.3) is 0 Å². The molecule has 1 aromatic rings. The average molecular weight is 262 g/mol. The highest BCUT2D eigenvalue weighted by Gasteiger charge is 2.66. The first kappa shape index (κ1) is 14.3. The maximum atomic E-state index is 6.45. The number of nitrogens with zero attached hydrogens (tertiary/aromatic N) is 1. The summed E-state index contributed by atoms with van der Waals surface area (Å²) in [5.41, 5.74) is 8.10. The van der Waals surface area contributed by atoms with E-state index in [0.717, 1.165) is 24.3 Å². The predicted octanol–water partition coefficient (Wildman–Crippen LogP) is 3.55. The molecule has 2 N–H and O–H groups in total. The van der Waals surface area contributed by atoms with Gasteiger partial charge >= 0.3 is 0 Å². The lowest BCUT2D eigenvalue weighted by Gasteiger charge is -2.15. The SMILES string of the molecule is CCCOc1cncc(C(N)C2C(C)(C)C2(C)C)c1. The molecule has 1 heterocycles. The summed E-state index contributed by atoms with van der Waals surface area (Å²) in [6.07, 6.45) is 4.63. The fraction of sp³-hybridized carbons (Fsp3) is 0.688. The van der Waals surface area contributed by atoms with Gasteiger partial charge in [0.1, 0.15) is 5.75 Å². The largest absolute Gasteiger partial charge is 0.492 e. The van der Waals surface area contributed by atoms with Crippen molar-refractivity contribution in [2.24, 2.45) is 22.5 Å². The minimum absolute atomic E-state index is 0.0303. The first-order valence-electron chi connectivity index (χ1n) is 7.15. The Morgan fingerprint density at radius 3 is 2.42 bits per heavy atom. The molecule has 0 radical (unpaired) electrons. The highest BCUT2D eigenvalue weighted by Crippen LogP contribution is 2.71. The molecule has 1 atom stereocenters. The number of pyridine rings is 1. The van der Waals surface area contributed by atoms with Crippen LogP contribution >= 0.6 is 0 Å². The topological polar surface area (TPSA) is 48.1 Å². The Morgan fingerprint density at radius 1 is 1.26 bits per heavy atom. The van der Waals surface area contributed by atoms with Crippen molar-refractivity contribution in [1.29, 1.82) is 0 Å². The van der Waals surface area contributed by atoms with Gasteiger partial charge < -0.3 is 10.5 Å². The quantitative estimate of drug-likeness (QED) is 0.882. The van der Waals surface area contributed by atoms with Crippen LogP contribution in [-0.4, -0.2) is 11.6 Å². The highest BCUT2D eigenvalue weighted by atomic mass is 16.5. The Labute approximate surface area is 116 Å². The standard InChI is InChI=1S/C16H26N2O/c1-6-7-19-12-8-11(9-18-10-12)13(17)14-15(2,3)16(14,4)5/h8-10,13-14H,6-7,17H2,1-5H3. The molecule has 0 spiro atoms. The van der Waals surface area contributed by atoms with Gasteiger partial charge in [-0.15, -0.1) is 0 Å². The molecular formula is C16H26N2O. The lowest BCUT2D eigenvalue weighted by atomic mass is 9.99. The van der Waals surface area contributed by atoms with Crippen molar-refractivity contribution in [3.05, 3.63) is 24.0 Å². The van der Waals surface area contributed by atoms with Crippen LogP contribution in [0.15, 0.2) is 18.5 Å². The first-order valence-corrected chi connectivity index (χ1v) is 7.15. The Balaban J connectivity index is 2.14. The van der Waals surface area contributed by atoms with Crippen molar-refractivity contribution in [3.8, 4) is 5.75 Å². The normalized spacial score (nSPS) is 22.0. The minimum Gasteiger partial charge on any atom is -0.492 e. The lowest BCUT2D eigenvalue weighted by molar-refractivity contribution is 0.315. The number of ether oxygens (including phenoxy) is 1. The van der Waals surface area contributed by atoms with Crippen LogP contribution in [0.1, 0.15) is 52.6 Å². The van der Waals surface area contributed by atoms with Crippen molar-refractivity contribution in [2.75, 3.05) is 6.61 Å². The second-order valence-corrected chi connectivity index (χ2v) is 6.75. The van der Waals surface area contributed by atoms with Crippen molar-refractivity contribution in [1.82, 2.24) is 4.98 Å². The van der Waals surface area contributed by atoms with Crippen molar-refractivity contribution >= 4 is 0 Å². The molecule has 106 valence electrons. The van der Waals surface area contributed by atoms with Crippen LogP contribution < -0.4 is 10.5 Å². The number of hydrogen-bond acceptors (Lipinski definition) is 3. The zero-order valence-corrected chi connectivity index (χ0v) is 12.7. The van der Waals surface area contributed by atoms with Gasteiger partial charge in [-0.2, -0.15) is 0 Å². The number of nitrogens with two attached hydrogens (primary N) is 1. The van der Waals surface area contributed by atoms with E-state index >= 15 is 0 Å². The fourth-order valence-electron chi connectivity index (χ4n) is 3.25.